The maximum absolute atomic E-state index is 9.13. The second kappa shape index (κ2) is 5.44. The van der Waals surface area contributed by atoms with E-state index in [9.17, 15) is 0 Å². The molecule has 1 N–H and O–H groups in total. The summed E-state index contributed by atoms with van der Waals surface area (Å²) in [6.45, 7) is 2.34. The monoisotopic (exact) mass is 250 g/mol. The van der Waals surface area contributed by atoms with E-state index in [4.69, 9.17) is 28.3 Å². The molecule has 1 unspecified atom stereocenters. The first-order chi connectivity index (χ1) is 6.99. The summed E-state index contributed by atoms with van der Waals surface area (Å²) in [5, 5.41) is 9.25. The van der Waals surface area contributed by atoms with Crippen LogP contribution in [0.15, 0.2) is 0 Å². The first-order valence-electron chi connectivity index (χ1n) is 4.45. The van der Waals surface area contributed by atoms with Crippen LogP contribution >= 0.6 is 23.2 Å². The van der Waals surface area contributed by atoms with Crippen molar-refractivity contribution in [2.75, 3.05) is 18.5 Å². The molecule has 7 heteroatoms. The molecule has 0 amide bonds. The first-order valence-corrected chi connectivity index (χ1v) is 5.21. The van der Waals surface area contributed by atoms with Crippen LogP contribution in [0.4, 0.5) is 5.95 Å². The van der Waals surface area contributed by atoms with Crippen molar-refractivity contribution in [1.82, 2.24) is 15.0 Å². The highest BCUT2D eigenvalue weighted by Crippen LogP contribution is 2.12. The highest BCUT2D eigenvalue weighted by molar-refractivity contribution is 6.31. The van der Waals surface area contributed by atoms with Gasteiger partial charge in [-0.1, -0.05) is 0 Å². The lowest BCUT2D eigenvalue weighted by molar-refractivity contribution is 0.186. The Bertz CT molecular complexity index is 314. The Morgan fingerprint density at radius 2 is 1.80 bits per heavy atom. The van der Waals surface area contributed by atoms with E-state index in [0.29, 0.717) is 18.9 Å². The molecule has 1 rings (SSSR count). The zero-order valence-corrected chi connectivity index (χ0v) is 10.00. The smallest absolute Gasteiger partial charge is 0.230 e. The van der Waals surface area contributed by atoms with Gasteiger partial charge in [0.15, 0.2) is 0 Å². The fraction of sp³-hybridized carbons (Fsp3) is 0.625. The number of halogens is 2. The van der Waals surface area contributed by atoms with Crippen molar-refractivity contribution in [3.8, 4) is 0 Å². The molecule has 0 saturated carbocycles. The van der Waals surface area contributed by atoms with E-state index in [1.807, 2.05) is 0 Å². The lowest BCUT2D eigenvalue weighted by Gasteiger charge is -2.17. The summed E-state index contributed by atoms with van der Waals surface area (Å²) in [6, 6.07) is 0. The summed E-state index contributed by atoms with van der Waals surface area (Å²) >= 11 is 11.3. The third-order valence-electron chi connectivity index (χ3n) is 1.79. The topological polar surface area (TPSA) is 62.1 Å². The SMILES string of the molecule is CC(O)CCN(C)c1nc(Cl)nc(Cl)n1. The molecule has 0 aliphatic carbocycles. The van der Waals surface area contributed by atoms with E-state index in [0.717, 1.165) is 0 Å². The molecule has 1 aromatic rings. The largest absolute Gasteiger partial charge is 0.393 e. The number of hydrogen-bond acceptors (Lipinski definition) is 5. The van der Waals surface area contributed by atoms with Crippen molar-refractivity contribution in [3.63, 3.8) is 0 Å². The van der Waals surface area contributed by atoms with Gasteiger partial charge in [0.1, 0.15) is 0 Å². The minimum atomic E-state index is -0.361. The number of rotatable bonds is 4. The predicted octanol–water partition coefficient (Wildman–Crippen LogP) is 1.39. The van der Waals surface area contributed by atoms with Crippen molar-refractivity contribution in [3.05, 3.63) is 10.6 Å². The molecule has 1 aromatic heterocycles. The molecule has 0 spiro atoms. The van der Waals surface area contributed by atoms with Crippen molar-refractivity contribution < 1.29 is 5.11 Å². The number of aromatic nitrogens is 3. The second-order valence-corrected chi connectivity index (χ2v) is 3.91. The van der Waals surface area contributed by atoms with Gasteiger partial charge < -0.3 is 10.0 Å². The van der Waals surface area contributed by atoms with Gasteiger partial charge in [0.25, 0.3) is 0 Å². The van der Waals surface area contributed by atoms with Crippen LogP contribution in [0.3, 0.4) is 0 Å². The molecule has 15 heavy (non-hydrogen) atoms. The Kier molecular flexibility index (Phi) is 4.50. The Morgan fingerprint density at radius 1 is 1.27 bits per heavy atom. The molecule has 0 aliphatic rings. The van der Waals surface area contributed by atoms with Crippen LogP contribution in [0.25, 0.3) is 0 Å². The van der Waals surface area contributed by atoms with Crippen LogP contribution in [-0.2, 0) is 0 Å². The lowest BCUT2D eigenvalue weighted by atomic mass is 10.3. The molecule has 0 aromatic carbocycles. The van der Waals surface area contributed by atoms with E-state index in [2.05, 4.69) is 15.0 Å². The van der Waals surface area contributed by atoms with Gasteiger partial charge in [-0.2, -0.15) is 15.0 Å². The van der Waals surface area contributed by atoms with Gasteiger partial charge in [-0.15, -0.1) is 0 Å². The summed E-state index contributed by atoms with van der Waals surface area (Å²) in [5.74, 6) is 0.403. The number of nitrogens with zero attached hydrogens (tertiary/aromatic N) is 4. The van der Waals surface area contributed by atoms with Crippen molar-refractivity contribution in [2.24, 2.45) is 0 Å². The molecule has 0 radical (unpaired) electrons. The van der Waals surface area contributed by atoms with Gasteiger partial charge in [0, 0.05) is 13.6 Å². The number of anilines is 1. The fourth-order valence-corrected chi connectivity index (χ4v) is 1.32. The summed E-state index contributed by atoms with van der Waals surface area (Å²) in [4.78, 5) is 13.2. The third-order valence-corrected chi connectivity index (χ3v) is 2.13. The average molecular weight is 251 g/mol. The Labute approximate surface area is 98.1 Å². The van der Waals surface area contributed by atoms with Gasteiger partial charge in [0.2, 0.25) is 16.5 Å². The number of aliphatic hydroxyl groups excluding tert-OH is 1. The molecule has 5 nitrogen and oxygen atoms in total. The molecule has 0 fully saturated rings. The highest BCUT2D eigenvalue weighted by atomic mass is 35.5. The standard InChI is InChI=1S/C8H12Cl2N4O/c1-5(15)3-4-14(2)8-12-6(9)11-7(10)13-8/h5,15H,3-4H2,1-2H3. The summed E-state index contributed by atoms with van der Waals surface area (Å²) in [5.41, 5.74) is 0. The molecule has 0 bridgehead atoms. The van der Waals surface area contributed by atoms with Gasteiger partial charge in [-0.05, 0) is 36.5 Å². The maximum atomic E-state index is 9.13. The van der Waals surface area contributed by atoms with E-state index < -0.39 is 0 Å². The Morgan fingerprint density at radius 3 is 2.27 bits per heavy atom. The van der Waals surface area contributed by atoms with E-state index in [1.165, 1.54) is 0 Å². The summed E-state index contributed by atoms with van der Waals surface area (Å²) in [6.07, 6.45) is 0.262. The minimum Gasteiger partial charge on any atom is -0.393 e. The normalized spacial score (nSPS) is 12.6. The molecule has 0 saturated heterocycles. The van der Waals surface area contributed by atoms with Crippen LogP contribution < -0.4 is 4.90 Å². The number of aliphatic hydroxyl groups is 1. The first kappa shape index (κ1) is 12.4. The lowest BCUT2D eigenvalue weighted by Crippen LogP contribution is -2.24. The molecule has 1 heterocycles. The van der Waals surface area contributed by atoms with Gasteiger partial charge in [0.05, 0.1) is 6.10 Å². The molecule has 84 valence electrons. The van der Waals surface area contributed by atoms with E-state index >= 15 is 0 Å². The summed E-state index contributed by atoms with van der Waals surface area (Å²) < 4.78 is 0. The zero-order chi connectivity index (χ0) is 11.4. The fourth-order valence-electron chi connectivity index (χ4n) is 0.967. The third kappa shape index (κ3) is 4.15. The highest BCUT2D eigenvalue weighted by Gasteiger charge is 2.08. The molecule has 0 aliphatic heterocycles. The average Bonchev–Trinajstić information content (AvgIpc) is 2.12. The van der Waals surface area contributed by atoms with E-state index in [1.54, 1.807) is 18.9 Å². The van der Waals surface area contributed by atoms with Gasteiger partial charge in [-0.3, -0.25) is 0 Å². The summed E-state index contributed by atoms with van der Waals surface area (Å²) in [7, 11) is 1.80. The Balaban J connectivity index is 2.68. The van der Waals surface area contributed by atoms with Crippen LogP contribution in [-0.4, -0.2) is 39.8 Å². The van der Waals surface area contributed by atoms with Crippen LogP contribution in [0.2, 0.25) is 10.6 Å². The van der Waals surface area contributed by atoms with Gasteiger partial charge >= 0.3 is 0 Å². The predicted molar refractivity (Wildman–Crippen MR) is 59.4 cm³/mol. The zero-order valence-electron chi connectivity index (χ0n) is 8.48. The van der Waals surface area contributed by atoms with Crippen LogP contribution in [0, 0.1) is 0 Å². The van der Waals surface area contributed by atoms with Gasteiger partial charge in [-0.25, -0.2) is 0 Å². The maximum Gasteiger partial charge on any atom is 0.230 e. The number of hydrogen-bond donors (Lipinski definition) is 1. The molecular weight excluding hydrogens is 239 g/mol. The van der Waals surface area contributed by atoms with Crippen LogP contribution in [0.5, 0.6) is 0 Å². The van der Waals surface area contributed by atoms with Crippen LogP contribution in [0.1, 0.15) is 13.3 Å². The molecular formula is C8H12Cl2N4O. The molecule has 1 atom stereocenters. The van der Waals surface area contributed by atoms with Crippen molar-refractivity contribution in [2.45, 2.75) is 19.4 Å². The van der Waals surface area contributed by atoms with Crippen molar-refractivity contribution in [1.29, 1.82) is 0 Å². The van der Waals surface area contributed by atoms with Crippen molar-refractivity contribution >= 4 is 29.2 Å². The minimum absolute atomic E-state index is 0.0638. The second-order valence-electron chi connectivity index (χ2n) is 3.23. The Hall–Kier alpha value is -0.650. The van der Waals surface area contributed by atoms with E-state index in [-0.39, 0.29) is 16.7 Å². The quantitative estimate of drug-likeness (QED) is 0.875.